The number of fused-ring (bicyclic) bond motifs is 2. The number of nitrogens with one attached hydrogen (secondary N) is 2. The van der Waals surface area contributed by atoms with Crippen molar-refractivity contribution in [2.45, 2.75) is 19.1 Å². The Bertz CT molecular complexity index is 1590. The molecule has 0 fully saturated rings. The number of carbonyl (C=O) groups is 1. The normalized spacial score (nSPS) is 11.4. The second-order valence-corrected chi connectivity index (χ2v) is 9.42. The largest absolute Gasteiger partial charge is 0.455 e. The van der Waals surface area contributed by atoms with Crippen molar-refractivity contribution in [1.29, 1.82) is 0 Å². The van der Waals surface area contributed by atoms with Crippen LogP contribution in [0.25, 0.3) is 21.1 Å². The second kappa shape index (κ2) is 11.5. The molecule has 1 amide bonds. The lowest BCUT2D eigenvalue weighted by Gasteiger charge is -2.13. The van der Waals surface area contributed by atoms with E-state index >= 15 is 0 Å². The Kier molecular flexibility index (Phi) is 8.29. The lowest BCUT2D eigenvalue weighted by atomic mass is 10.2. The third kappa shape index (κ3) is 6.29. The Balaban J connectivity index is 0.00000336. The lowest BCUT2D eigenvalue weighted by Crippen LogP contribution is -2.31. The van der Waals surface area contributed by atoms with Gasteiger partial charge in [-0.3, -0.25) is 4.79 Å². The van der Waals surface area contributed by atoms with Gasteiger partial charge in [0.25, 0.3) is 0 Å². The Morgan fingerprint density at radius 3 is 2.74 bits per heavy atom. The molecule has 0 atom stereocenters. The molecule has 0 radical (unpaired) electrons. The number of aromatic nitrogens is 3. The van der Waals surface area contributed by atoms with Gasteiger partial charge in [-0.1, -0.05) is 17.7 Å². The van der Waals surface area contributed by atoms with Crippen molar-refractivity contribution < 1.29 is 22.7 Å². The van der Waals surface area contributed by atoms with Crippen molar-refractivity contribution in [1.82, 2.24) is 19.9 Å². The summed E-state index contributed by atoms with van der Waals surface area (Å²) in [7, 11) is 0. The predicted molar refractivity (Wildman–Crippen MR) is 145 cm³/mol. The van der Waals surface area contributed by atoms with Gasteiger partial charge in [-0.2, -0.15) is 13.2 Å². The van der Waals surface area contributed by atoms with Gasteiger partial charge in [0, 0.05) is 35.1 Å². The van der Waals surface area contributed by atoms with Crippen LogP contribution in [-0.2, 0) is 11.3 Å². The highest BCUT2D eigenvalue weighted by atomic mass is 35.5. The van der Waals surface area contributed by atoms with Gasteiger partial charge in [-0.05, 0) is 47.8 Å². The zero-order valence-electron chi connectivity index (χ0n) is 19.5. The van der Waals surface area contributed by atoms with Crippen LogP contribution in [0.2, 0.25) is 5.02 Å². The molecule has 0 bridgehead atoms. The number of hydrogen-bond acceptors (Lipinski definition) is 6. The molecule has 0 saturated carbocycles. The molecule has 13 heteroatoms. The van der Waals surface area contributed by atoms with Gasteiger partial charge < -0.3 is 19.9 Å². The van der Waals surface area contributed by atoms with E-state index in [0.717, 1.165) is 10.1 Å². The van der Waals surface area contributed by atoms with Crippen LogP contribution in [0.5, 0.6) is 11.5 Å². The fourth-order valence-electron chi connectivity index (χ4n) is 3.84. The summed E-state index contributed by atoms with van der Waals surface area (Å²) >= 11 is 8.15. The van der Waals surface area contributed by atoms with Gasteiger partial charge in [0.05, 0.1) is 10.5 Å². The minimum atomic E-state index is -4.55. The first-order valence-electron chi connectivity index (χ1n) is 11.1. The van der Waals surface area contributed by atoms with E-state index in [4.69, 9.17) is 16.3 Å². The quantitative estimate of drug-likeness (QED) is 0.200. The lowest BCUT2D eigenvalue weighted by molar-refractivity contribution is -0.153. The molecule has 198 valence electrons. The summed E-state index contributed by atoms with van der Waals surface area (Å²) in [6.07, 6.45) is -2.93. The summed E-state index contributed by atoms with van der Waals surface area (Å²) in [6.45, 7) is 0.249. The molecule has 0 spiro atoms. The van der Waals surface area contributed by atoms with Gasteiger partial charge in [0.2, 0.25) is 5.91 Å². The number of rotatable bonds is 8. The molecule has 0 aliphatic rings. The molecule has 0 unspecified atom stereocenters. The molecule has 5 aromatic rings. The molecule has 2 N–H and O–H groups in total. The number of thiophene rings is 1. The molecule has 0 aliphatic heterocycles. The van der Waals surface area contributed by atoms with E-state index in [1.165, 1.54) is 6.33 Å². The maximum Gasteiger partial charge on any atom is 0.397 e. The number of alkyl halides is 3. The van der Waals surface area contributed by atoms with Crippen LogP contribution in [0.15, 0.2) is 66.4 Å². The van der Waals surface area contributed by atoms with Crippen molar-refractivity contribution in [3.63, 3.8) is 0 Å². The van der Waals surface area contributed by atoms with Crippen LogP contribution in [-0.4, -0.2) is 33.2 Å². The fourth-order valence-corrected chi connectivity index (χ4v) is 4.87. The SMILES string of the molecule is Cl.O=C(CC(F)(F)F)NCCn1ccc2ncnc(Nc3ccc(Oc4cccc5sccc45)c(Cl)c3)c21. The molecule has 7 nitrogen and oxygen atoms in total. The molecule has 0 saturated heterocycles. The third-order valence-electron chi connectivity index (χ3n) is 5.46. The first kappa shape index (κ1) is 27.5. The average Bonchev–Trinajstić information content (AvgIpc) is 3.48. The van der Waals surface area contributed by atoms with Gasteiger partial charge in [0.1, 0.15) is 29.8 Å². The van der Waals surface area contributed by atoms with Crippen molar-refractivity contribution in [2.24, 2.45) is 0 Å². The molecule has 5 rings (SSSR count). The van der Waals surface area contributed by atoms with E-state index in [-0.39, 0.29) is 25.5 Å². The van der Waals surface area contributed by atoms with E-state index in [0.29, 0.717) is 39.1 Å². The molecular formula is C25H20Cl2F3N5O2S. The number of ether oxygens (including phenoxy) is 1. The zero-order chi connectivity index (χ0) is 26.0. The third-order valence-corrected chi connectivity index (χ3v) is 6.63. The monoisotopic (exact) mass is 581 g/mol. The standard InChI is InChI=1S/C25H19ClF3N5O2S.ClH/c26-17-12-15(4-5-20(17)36-19-2-1-3-21-16(19)7-11-37-21)33-24-23-18(31-14-32-24)6-9-34(23)10-8-30-22(35)13-25(27,28)29;/h1-7,9,11-12,14H,8,10,13H2,(H,30,35)(H,31,32,33);1H. The first-order valence-corrected chi connectivity index (χ1v) is 12.4. The Morgan fingerprint density at radius 1 is 1.11 bits per heavy atom. The average molecular weight is 582 g/mol. The van der Waals surface area contributed by atoms with Crippen LogP contribution in [0.3, 0.4) is 0 Å². The number of nitrogens with zero attached hydrogens (tertiary/aromatic N) is 3. The summed E-state index contributed by atoms with van der Waals surface area (Å²) in [4.78, 5) is 20.0. The summed E-state index contributed by atoms with van der Waals surface area (Å²) in [6, 6.07) is 14.9. The van der Waals surface area contributed by atoms with Crippen LogP contribution >= 0.6 is 35.3 Å². The van der Waals surface area contributed by atoms with E-state index in [9.17, 15) is 18.0 Å². The number of carbonyl (C=O) groups excluding carboxylic acids is 1. The number of hydrogen-bond donors (Lipinski definition) is 2. The highest BCUT2D eigenvalue weighted by molar-refractivity contribution is 7.17. The summed E-state index contributed by atoms with van der Waals surface area (Å²) in [5.74, 6) is 0.603. The smallest absolute Gasteiger partial charge is 0.397 e. The van der Waals surface area contributed by atoms with Crippen LogP contribution in [0.1, 0.15) is 6.42 Å². The van der Waals surface area contributed by atoms with Crippen molar-refractivity contribution >= 4 is 73.9 Å². The topological polar surface area (TPSA) is 81.1 Å². The molecule has 0 aliphatic carbocycles. The summed E-state index contributed by atoms with van der Waals surface area (Å²) in [5.41, 5.74) is 1.92. The van der Waals surface area contributed by atoms with Crippen LogP contribution in [0, 0.1) is 0 Å². The van der Waals surface area contributed by atoms with Gasteiger partial charge in [0.15, 0.2) is 5.82 Å². The van der Waals surface area contributed by atoms with E-state index in [1.807, 2.05) is 29.6 Å². The fraction of sp³-hybridized carbons (Fsp3) is 0.160. The number of halogens is 5. The highest BCUT2D eigenvalue weighted by Crippen LogP contribution is 2.37. The Morgan fingerprint density at radius 2 is 1.95 bits per heavy atom. The Hall–Kier alpha value is -3.54. The number of amides is 1. The second-order valence-electron chi connectivity index (χ2n) is 8.07. The van der Waals surface area contributed by atoms with Gasteiger partial charge >= 0.3 is 6.18 Å². The minimum Gasteiger partial charge on any atom is -0.455 e. The minimum absolute atomic E-state index is 0. The molecule has 38 heavy (non-hydrogen) atoms. The maximum atomic E-state index is 12.4. The number of benzene rings is 2. The molecule has 2 aromatic carbocycles. The van der Waals surface area contributed by atoms with Crippen LogP contribution in [0.4, 0.5) is 24.7 Å². The van der Waals surface area contributed by atoms with Crippen molar-refractivity contribution in [3.8, 4) is 11.5 Å². The summed E-state index contributed by atoms with van der Waals surface area (Å²) in [5, 5.41) is 8.90. The maximum absolute atomic E-state index is 12.4. The molecule has 3 heterocycles. The number of anilines is 2. The van der Waals surface area contributed by atoms with E-state index in [1.54, 1.807) is 46.4 Å². The summed E-state index contributed by atoms with van der Waals surface area (Å²) < 4.78 is 46.1. The Labute approximate surface area is 230 Å². The predicted octanol–water partition coefficient (Wildman–Crippen LogP) is 7.33. The van der Waals surface area contributed by atoms with Gasteiger partial charge in [-0.25, -0.2) is 9.97 Å². The van der Waals surface area contributed by atoms with Crippen molar-refractivity contribution in [3.05, 3.63) is 71.5 Å². The highest BCUT2D eigenvalue weighted by Gasteiger charge is 2.30. The van der Waals surface area contributed by atoms with Crippen molar-refractivity contribution in [2.75, 3.05) is 11.9 Å². The first-order chi connectivity index (χ1) is 17.8. The van der Waals surface area contributed by atoms with Crippen LogP contribution < -0.4 is 15.4 Å². The molecular weight excluding hydrogens is 562 g/mol. The van der Waals surface area contributed by atoms with Gasteiger partial charge in [-0.15, -0.1) is 23.7 Å². The molecule has 3 aromatic heterocycles. The van der Waals surface area contributed by atoms with E-state index in [2.05, 4.69) is 20.6 Å². The van der Waals surface area contributed by atoms with E-state index < -0.39 is 18.5 Å². The zero-order valence-corrected chi connectivity index (χ0v) is 21.8.